The average molecular weight is 449 g/mol. The Morgan fingerprint density at radius 1 is 1.00 bits per heavy atom. The number of fused-ring (bicyclic) bond motifs is 2. The van der Waals surface area contributed by atoms with E-state index in [1.54, 1.807) is 16.4 Å². The highest BCUT2D eigenvalue weighted by Crippen LogP contribution is 2.40. The zero-order chi connectivity index (χ0) is 21.6. The first-order valence-corrected chi connectivity index (χ1v) is 12.0. The van der Waals surface area contributed by atoms with Crippen LogP contribution in [0.4, 0.5) is 0 Å². The van der Waals surface area contributed by atoms with Crippen molar-refractivity contribution in [3.8, 4) is 0 Å². The van der Waals surface area contributed by atoms with Gasteiger partial charge in [0.1, 0.15) is 0 Å². The summed E-state index contributed by atoms with van der Waals surface area (Å²) in [6, 6.07) is 24.2. The minimum atomic E-state index is -3.69. The zero-order valence-corrected chi connectivity index (χ0v) is 18.6. The first-order valence-electron chi connectivity index (χ1n) is 10.1. The fraction of sp³-hybridized carbons (Fsp3) is 0.160. The van der Waals surface area contributed by atoms with E-state index in [1.165, 1.54) is 0 Å². The highest BCUT2D eigenvalue weighted by atomic mass is 35.5. The largest absolute Gasteiger partial charge is 0.251 e. The molecule has 0 N–H and O–H groups in total. The number of sulfonamides is 1. The quantitative estimate of drug-likeness (QED) is 0.403. The van der Waals surface area contributed by atoms with Gasteiger partial charge in [0.15, 0.2) is 0 Å². The lowest BCUT2D eigenvalue weighted by Crippen LogP contribution is -2.31. The van der Waals surface area contributed by atoms with Crippen LogP contribution >= 0.6 is 11.6 Å². The molecule has 1 aliphatic rings. The summed E-state index contributed by atoms with van der Waals surface area (Å²) in [4.78, 5) is 5.18. The SMILES string of the molecule is Cc1ccc(S(=O)(=O)N2Cc3cc4cc(Cl)ccc4nc3C2Cc2ccccc2)cc1. The lowest BCUT2D eigenvalue weighted by Gasteiger charge is -2.24. The van der Waals surface area contributed by atoms with E-state index in [9.17, 15) is 8.42 Å². The number of benzene rings is 3. The van der Waals surface area contributed by atoms with Crippen molar-refractivity contribution in [2.75, 3.05) is 0 Å². The number of rotatable bonds is 4. The molecule has 2 heterocycles. The molecular formula is C25H21ClN2O2S. The molecule has 6 heteroatoms. The van der Waals surface area contributed by atoms with Crippen molar-refractivity contribution in [3.63, 3.8) is 0 Å². The summed E-state index contributed by atoms with van der Waals surface area (Å²) >= 11 is 6.17. The summed E-state index contributed by atoms with van der Waals surface area (Å²) in [5.41, 5.74) is 4.65. The molecule has 1 unspecified atom stereocenters. The van der Waals surface area contributed by atoms with Gasteiger partial charge in [0.05, 0.1) is 22.1 Å². The number of aryl methyl sites for hydroxylation is 1. The fourth-order valence-corrected chi connectivity index (χ4v) is 5.92. The molecule has 1 aliphatic heterocycles. The van der Waals surface area contributed by atoms with Gasteiger partial charge in [-0.1, -0.05) is 59.6 Å². The molecule has 3 aromatic carbocycles. The molecule has 0 saturated carbocycles. The van der Waals surface area contributed by atoms with E-state index < -0.39 is 10.0 Å². The van der Waals surface area contributed by atoms with Crippen molar-refractivity contribution < 1.29 is 8.42 Å². The summed E-state index contributed by atoms with van der Waals surface area (Å²) in [6.07, 6.45) is 0.561. The normalized spacial score (nSPS) is 16.5. The van der Waals surface area contributed by atoms with Gasteiger partial charge in [0, 0.05) is 17.0 Å². The number of aromatic nitrogens is 1. The Bertz CT molecular complexity index is 1370. The molecule has 156 valence electrons. The first-order chi connectivity index (χ1) is 14.9. The molecule has 4 aromatic rings. The maximum Gasteiger partial charge on any atom is 0.244 e. The van der Waals surface area contributed by atoms with Gasteiger partial charge in [-0.25, -0.2) is 8.42 Å². The molecule has 0 fully saturated rings. The smallest absolute Gasteiger partial charge is 0.244 e. The number of halogens is 1. The molecule has 5 rings (SSSR count). The van der Waals surface area contributed by atoms with Crippen molar-refractivity contribution in [1.29, 1.82) is 0 Å². The minimum absolute atomic E-state index is 0.290. The van der Waals surface area contributed by atoms with Gasteiger partial charge >= 0.3 is 0 Å². The highest BCUT2D eigenvalue weighted by Gasteiger charge is 2.40. The maximum absolute atomic E-state index is 13.6. The van der Waals surface area contributed by atoms with Gasteiger partial charge < -0.3 is 0 Å². The van der Waals surface area contributed by atoms with Crippen LogP contribution in [0.15, 0.2) is 83.8 Å². The van der Waals surface area contributed by atoms with Crippen molar-refractivity contribution >= 4 is 32.5 Å². The predicted molar refractivity (Wildman–Crippen MR) is 124 cm³/mol. The fourth-order valence-electron chi connectivity index (χ4n) is 4.17. The van der Waals surface area contributed by atoms with Gasteiger partial charge in [-0.3, -0.25) is 4.98 Å². The number of hydrogen-bond donors (Lipinski definition) is 0. The molecule has 1 aromatic heterocycles. The third-order valence-corrected chi connectivity index (χ3v) is 7.88. The molecule has 1 atom stereocenters. The van der Waals surface area contributed by atoms with Crippen LogP contribution in [0, 0.1) is 6.92 Å². The topological polar surface area (TPSA) is 50.3 Å². The summed E-state index contributed by atoms with van der Waals surface area (Å²) in [6.45, 7) is 2.24. The maximum atomic E-state index is 13.6. The molecule has 31 heavy (non-hydrogen) atoms. The van der Waals surface area contributed by atoms with Crippen LogP contribution in [0.25, 0.3) is 10.9 Å². The Labute approximate surface area is 187 Å². The van der Waals surface area contributed by atoms with Gasteiger partial charge in [-0.2, -0.15) is 4.31 Å². The Balaban J connectivity index is 1.63. The van der Waals surface area contributed by atoms with E-state index in [-0.39, 0.29) is 6.04 Å². The van der Waals surface area contributed by atoms with Gasteiger partial charge in [-0.05, 0) is 60.9 Å². The Morgan fingerprint density at radius 3 is 2.48 bits per heavy atom. The van der Waals surface area contributed by atoms with Crippen molar-refractivity contribution in [1.82, 2.24) is 9.29 Å². The molecule has 0 bridgehead atoms. The number of hydrogen-bond acceptors (Lipinski definition) is 3. The summed E-state index contributed by atoms with van der Waals surface area (Å²) in [5, 5.41) is 1.55. The molecule has 0 spiro atoms. The van der Waals surface area contributed by atoms with Gasteiger partial charge in [0.25, 0.3) is 0 Å². The summed E-state index contributed by atoms with van der Waals surface area (Å²) < 4.78 is 28.9. The van der Waals surface area contributed by atoms with Crippen LogP contribution in [0.2, 0.25) is 5.02 Å². The number of pyridine rings is 1. The van der Waals surface area contributed by atoms with Crippen molar-refractivity contribution in [3.05, 3.63) is 106 Å². The van der Waals surface area contributed by atoms with E-state index in [4.69, 9.17) is 16.6 Å². The van der Waals surface area contributed by atoms with E-state index in [2.05, 4.69) is 0 Å². The Morgan fingerprint density at radius 2 is 1.74 bits per heavy atom. The lowest BCUT2D eigenvalue weighted by atomic mass is 10.0. The average Bonchev–Trinajstić information content (AvgIpc) is 3.11. The second kappa shape index (κ2) is 7.75. The first kappa shape index (κ1) is 20.2. The number of nitrogens with zero attached hydrogens (tertiary/aromatic N) is 2. The van der Waals surface area contributed by atoms with Crippen molar-refractivity contribution in [2.24, 2.45) is 0 Å². The third-order valence-electron chi connectivity index (χ3n) is 5.78. The van der Waals surface area contributed by atoms with E-state index in [0.717, 1.165) is 33.3 Å². The van der Waals surface area contributed by atoms with Crippen LogP contribution < -0.4 is 0 Å². The summed E-state index contributed by atoms with van der Waals surface area (Å²) in [5.74, 6) is 0. The van der Waals surface area contributed by atoms with E-state index >= 15 is 0 Å². The second-order valence-electron chi connectivity index (χ2n) is 7.94. The molecule has 0 amide bonds. The highest BCUT2D eigenvalue weighted by molar-refractivity contribution is 7.89. The van der Waals surface area contributed by atoms with Crippen LogP contribution in [0.1, 0.15) is 28.4 Å². The molecule has 0 radical (unpaired) electrons. The van der Waals surface area contributed by atoms with Gasteiger partial charge in [-0.15, -0.1) is 0 Å². The Kier molecular flexibility index (Phi) is 5.05. The Hall–Kier alpha value is -2.73. The second-order valence-corrected chi connectivity index (χ2v) is 10.3. The third kappa shape index (κ3) is 3.74. The zero-order valence-electron chi connectivity index (χ0n) is 17.0. The minimum Gasteiger partial charge on any atom is -0.251 e. The standard InChI is InChI=1S/C25H21ClN2O2S/c1-17-7-10-22(11-8-17)31(29,30)28-16-20-14-19-15-21(26)9-12-23(19)27-25(20)24(28)13-18-5-3-2-4-6-18/h2-12,14-15,24H,13,16H2,1H3. The molecular weight excluding hydrogens is 428 g/mol. The monoisotopic (exact) mass is 448 g/mol. The molecule has 4 nitrogen and oxygen atoms in total. The van der Waals surface area contributed by atoms with E-state index in [0.29, 0.717) is 22.9 Å². The van der Waals surface area contributed by atoms with Crippen LogP contribution in [0.5, 0.6) is 0 Å². The molecule has 0 aliphatic carbocycles. The van der Waals surface area contributed by atoms with Crippen LogP contribution in [-0.4, -0.2) is 17.7 Å². The lowest BCUT2D eigenvalue weighted by molar-refractivity contribution is 0.345. The van der Waals surface area contributed by atoms with Gasteiger partial charge in [0.2, 0.25) is 10.0 Å². The van der Waals surface area contributed by atoms with Crippen molar-refractivity contribution in [2.45, 2.75) is 30.8 Å². The summed E-state index contributed by atoms with van der Waals surface area (Å²) in [7, 11) is -3.69. The van der Waals surface area contributed by atoms with Crippen LogP contribution in [0.3, 0.4) is 0 Å². The molecule has 0 saturated heterocycles. The van der Waals surface area contributed by atoms with E-state index in [1.807, 2.05) is 73.7 Å². The predicted octanol–water partition coefficient (Wildman–Crippen LogP) is 5.68. The van der Waals surface area contributed by atoms with Crippen LogP contribution in [-0.2, 0) is 23.0 Å².